The van der Waals surface area contributed by atoms with E-state index in [4.69, 9.17) is 0 Å². The van der Waals surface area contributed by atoms with Crippen LogP contribution < -0.4 is 0 Å². The van der Waals surface area contributed by atoms with Crippen molar-refractivity contribution in [1.29, 1.82) is 0 Å². The number of nitrogens with zero attached hydrogens (tertiary/aromatic N) is 2. The molecular weight excluding hydrogens is 344 g/mol. The summed E-state index contributed by atoms with van der Waals surface area (Å²) in [6.07, 6.45) is 9.25. The van der Waals surface area contributed by atoms with Crippen molar-refractivity contribution in [2.75, 3.05) is 13.1 Å². The van der Waals surface area contributed by atoms with Crippen LogP contribution in [0, 0.1) is 5.41 Å². The summed E-state index contributed by atoms with van der Waals surface area (Å²) in [4.78, 5) is 18.4. The molecule has 28 heavy (non-hydrogen) atoms. The van der Waals surface area contributed by atoms with Crippen molar-refractivity contribution in [2.24, 2.45) is 5.41 Å². The molecule has 146 valence electrons. The van der Waals surface area contributed by atoms with E-state index >= 15 is 0 Å². The lowest BCUT2D eigenvalue weighted by Crippen LogP contribution is -2.42. The molecule has 0 unspecified atom stereocenters. The number of carbonyl (C=O) groups is 1. The van der Waals surface area contributed by atoms with Crippen molar-refractivity contribution < 1.29 is 4.79 Å². The minimum Gasteiger partial charge on any atom is -0.343 e. The monoisotopic (exact) mass is 374 g/mol. The van der Waals surface area contributed by atoms with Crippen LogP contribution >= 0.6 is 0 Å². The average Bonchev–Trinajstić information content (AvgIpc) is 2.73. The quantitative estimate of drug-likeness (QED) is 0.658. The highest BCUT2D eigenvalue weighted by Crippen LogP contribution is 2.35. The van der Waals surface area contributed by atoms with Crippen LogP contribution in [0.15, 0.2) is 49.7 Å². The molecule has 0 saturated carbocycles. The zero-order chi connectivity index (χ0) is 20.1. The van der Waals surface area contributed by atoms with Crippen molar-refractivity contribution in [3.05, 3.63) is 66.5 Å². The van der Waals surface area contributed by atoms with Crippen molar-refractivity contribution in [1.82, 2.24) is 9.88 Å². The number of benzene rings is 1. The van der Waals surface area contributed by atoms with Gasteiger partial charge in [-0.25, -0.2) is 0 Å². The van der Waals surface area contributed by atoms with Gasteiger partial charge in [-0.15, -0.1) is 0 Å². The van der Waals surface area contributed by atoms with E-state index in [1.54, 1.807) is 6.08 Å². The molecule has 0 atom stereocenters. The standard InChI is InChI=1S/C25H30N2O/c1-5-20-16-22(18-26-23(20)6-2)21-10-8-19(9-11-21)17-25(4)12-14-27(15-13-25)24(28)7-3/h5-6,8-11,16,18H,1-2,7,12-15,17H2,3-4H3. The zero-order valence-electron chi connectivity index (χ0n) is 17.1. The normalized spacial score (nSPS) is 15.9. The lowest BCUT2D eigenvalue weighted by atomic mass is 9.75. The summed E-state index contributed by atoms with van der Waals surface area (Å²) in [6, 6.07) is 10.9. The molecule has 0 bridgehead atoms. The van der Waals surface area contributed by atoms with Gasteiger partial charge in [-0.2, -0.15) is 0 Å². The number of aromatic nitrogens is 1. The van der Waals surface area contributed by atoms with Crippen LogP contribution in [0.3, 0.4) is 0 Å². The molecule has 1 aromatic heterocycles. The third kappa shape index (κ3) is 4.41. The number of amides is 1. The highest BCUT2D eigenvalue weighted by atomic mass is 16.2. The lowest BCUT2D eigenvalue weighted by molar-refractivity contribution is -0.133. The third-order valence-electron chi connectivity index (χ3n) is 5.91. The van der Waals surface area contributed by atoms with Gasteiger partial charge in [-0.1, -0.05) is 57.3 Å². The van der Waals surface area contributed by atoms with Crippen LogP contribution in [0.1, 0.15) is 49.9 Å². The van der Waals surface area contributed by atoms with Crippen molar-refractivity contribution in [3.63, 3.8) is 0 Å². The Morgan fingerprint density at radius 1 is 1.14 bits per heavy atom. The Hall–Kier alpha value is -2.68. The Morgan fingerprint density at radius 2 is 1.82 bits per heavy atom. The Labute approximate surface area is 168 Å². The van der Waals surface area contributed by atoms with Crippen LogP contribution in [-0.4, -0.2) is 28.9 Å². The van der Waals surface area contributed by atoms with Gasteiger partial charge in [0.1, 0.15) is 0 Å². The molecule has 0 aliphatic carbocycles. The second-order valence-corrected chi connectivity index (χ2v) is 8.03. The number of piperidine rings is 1. The maximum atomic E-state index is 11.9. The highest BCUT2D eigenvalue weighted by molar-refractivity contribution is 5.75. The summed E-state index contributed by atoms with van der Waals surface area (Å²) in [5.41, 5.74) is 5.71. The van der Waals surface area contributed by atoms with Gasteiger partial charge in [0.15, 0.2) is 0 Å². The van der Waals surface area contributed by atoms with Gasteiger partial charge in [-0.3, -0.25) is 9.78 Å². The summed E-state index contributed by atoms with van der Waals surface area (Å²) < 4.78 is 0. The van der Waals surface area contributed by atoms with Crippen molar-refractivity contribution in [3.8, 4) is 11.1 Å². The molecule has 1 saturated heterocycles. The zero-order valence-corrected chi connectivity index (χ0v) is 17.1. The van der Waals surface area contributed by atoms with Gasteiger partial charge in [0.05, 0.1) is 5.69 Å². The molecule has 1 aliphatic rings. The molecule has 0 N–H and O–H groups in total. The molecule has 0 spiro atoms. The Morgan fingerprint density at radius 3 is 2.39 bits per heavy atom. The molecule has 3 heteroatoms. The van der Waals surface area contributed by atoms with Gasteiger partial charge in [0.2, 0.25) is 5.91 Å². The highest BCUT2D eigenvalue weighted by Gasteiger charge is 2.31. The molecule has 3 rings (SSSR count). The van der Waals surface area contributed by atoms with Gasteiger partial charge in [0.25, 0.3) is 0 Å². The summed E-state index contributed by atoms with van der Waals surface area (Å²) in [5.74, 6) is 0.279. The fourth-order valence-corrected chi connectivity index (χ4v) is 3.99. The van der Waals surface area contributed by atoms with E-state index in [0.717, 1.165) is 54.7 Å². The van der Waals surface area contributed by atoms with Gasteiger partial charge in [0, 0.05) is 36.8 Å². The van der Waals surface area contributed by atoms with Gasteiger partial charge >= 0.3 is 0 Å². The summed E-state index contributed by atoms with van der Waals surface area (Å²) in [6.45, 7) is 13.7. The summed E-state index contributed by atoms with van der Waals surface area (Å²) in [5, 5.41) is 0. The Bertz CT molecular complexity index is 859. The first-order valence-electron chi connectivity index (χ1n) is 10.1. The first-order chi connectivity index (χ1) is 13.5. The van der Waals surface area contributed by atoms with Crippen LogP contribution in [0.5, 0.6) is 0 Å². The molecule has 1 fully saturated rings. The van der Waals surface area contributed by atoms with E-state index in [1.165, 1.54) is 5.56 Å². The third-order valence-corrected chi connectivity index (χ3v) is 5.91. The number of hydrogen-bond donors (Lipinski definition) is 0. The van der Waals surface area contributed by atoms with Crippen LogP contribution in [0.4, 0.5) is 0 Å². The van der Waals surface area contributed by atoms with Crippen LogP contribution in [0.25, 0.3) is 23.3 Å². The second kappa shape index (κ2) is 8.55. The maximum absolute atomic E-state index is 11.9. The number of likely N-dealkylation sites (tertiary alicyclic amines) is 1. The topological polar surface area (TPSA) is 33.2 Å². The predicted molar refractivity (Wildman–Crippen MR) is 118 cm³/mol. The van der Waals surface area contributed by atoms with E-state index in [0.29, 0.717) is 6.42 Å². The molecule has 1 amide bonds. The Kier molecular flexibility index (Phi) is 6.13. The van der Waals surface area contributed by atoms with Gasteiger partial charge in [-0.05, 0) is 47.9 Å². The van der Waals surface area contributed by atoms with E-state index in [1.807, 2.05) is 24.1 Å². The minimum atomic E-state index is 0.259. The smallest absolute Gasteiger partial charge is 0.222 e. The molecule has 1 aromatic carbocycles. The minimum absolute atomic E-state index is 0.259. The molecule has 2 aromatic rings. The van der Waals surface area contributed by atoms with Crippen molar-refractivity contribution >= 4 is 18.1 Å². The van der Waals surface area contributed by atoms with E-state index in [-0.39, 0.29) is 11.3 Å². The molecule has 3 nitrogen and oxygen atoms in total. The number of carbonyl (C=O) groups excluding carboxylic acids is 1. The van der Waals surface area contributed by atoms with Crippen LogP contribution in [-0.2, 0) is 11.2 Å². The fourth-order valence-electron chi connectivity index (χ4n) is 3.99. The summed E-state index contributed by atoms with van der Waals surface area (Å²) in [7, 11) is 0. The van der Waals surface area contributed by atoms with Crippen LogP contribution in [0.2, 0.25) is 0 Å². The van der Waals surface area contributed by atoms with E-state index in [9.17, 15) is 4.79 Å². The lowest BCUT2D eigenvalue weighted by Gasteiger charge is -2.39. The SMILES string of the molecule is C=Cc1cc(-c2ccc(CC3(C)CCN(C(=O)CC)CC3)cc2)cnc1C=C. The van der Waals surface area contributed by atoms with E-state index < -0.39 is 0 Å². The molecule has 1 aliphatic heterocycles. The Balaban J connectivity index is 1.69. The maximum Gasteiger partial charge on any atom is 0.222 e. The first-order valence-corrected chi connectivity index (χ1v) is 10.1. The second-order valence-electron chi connectivity index (χ2n) is 8.03. The predicted octanol–water partition coefficient (Wildman–Crippen LogP) is 5.62. The van der Waals surface area contributed by atoms with E-state index in [2.05, 4.69) is 55.4 Å². The van der Waals surface area contributed by atoms with Crippen molar-refractivity contribution in [2.45, 2.75) is 39.5 Å². The summed E-state index contributed by atoms with van der Waals surface area (Å²) >= 11 is 0. The molecule has 0 radical (unpaired) electrons. The average molecular weight is 375 g/mol. The first kappa shape index (κ1) is 20.1. The molecule has 2 heterocycles. The number of hydrogen-bond acceptors (Lipinski definition) is 2. The number of pyridine rings is 1. The fraction of sp³-hybridized carbons (Fsp3) is 0.360. The molecular formula is C25H30N2O. The van der Waals surface area contributed by atoms with Gasteiger partial charge < -0.3 is 4.90 Å². The number of rotatable bonds is 6. The largest absolute Gasteiger partial charge is 0.343 e.